The summed E-state index contributed by atoms with van der Waals surface area (Å²) in [6, 6.07) is 6.04. The van der Waals surface area contributed by atoms with Gasteiger partial charge in [-0.25, -0.2) is 27.0 Å². The quantitative estimate of drug-likeness (QED) is 0.306. The maximum atomic E-state index is 15.5. The van der Waals surface area contributed by atoms with Crippen molar-refractivity contribution in [1.82, 2.24) is 33.2 Å². The summed E-state index contributed by atoms with van der Waals surface area (Å²) >= 11 is 3.39. The molecule has 0 unspecified atom stereocenters. The molecule has 4 aromatic heterocycles. The first-order valence-electron chi connectivity index (χ1n) is 15.2. The highest BCUT2D eigenvalue weighted by Gasteiger charge is 2.35. The van der Waals surface area contributed by atoms with E-state index in [4.69, 9.17) is 8.22 Å². The predicted molar refractivity (Wildman–Crippen MR) is 152 cm³/mol. The number of carbonyl (C=O) groups excluding carboxylic acids is 1. The highest BCUT2D eigenvalue weighted by molar-refractivity contribution is 9.10. The Bertz CT molecular complexity index is 2230. The average Bonchev–Trinajstić information content (AvgIpc) is 3.75. The molecule has 15 heteroatoms. The fourth-order valence-corrected chi connectivity index (χ4v) is 7.81. The van der Waals surface area contributed by atoms with Crippen molar-refractivity contribution in [3.05, 3.63) is 63.6 Å². The average molecular weight is 653 g/mol. The number of methoxy groups -OCH3 is 1. The lowest BCUT2D eigenvalue weighted by Gasteiger charge is -2.14. The number of hydrogen-bond acceptors (Lipinski definition) is 7. The number of rotatable bonds is 5. The molecule has 6 rings (SSSR count). The van der Waals surface area contributed by atoms with Crippen molar-refractivity contribution in [2.24, 2.45) is 14.0 Å². The number of pyridine rings is 1. The molecule has 41 heavy (non-hydrogen) atoms. The normalized spacial score (nSPS) is 20.3. The number of halogens is 2. The number of nitrogens with zero attached hydrogens (tertiary/aromatic N) is 6. The fraction of sp³-hybridized carbons (Fsp3) is 0.308. The minimum atomic E-state index is -4.61. The zero-order valence-electron chi connectivity index (χ0n) is 27.2. The van der Waals surface area contributed by atoms with Crippen molar-refractivity contribution < 1.29 is 30.6 Å². The van der Waals surface area contributed by atoms with Gasteiger partial charge in [0.25, 0.3) is 10.0 Å². The molecule has 1 saturated carbocycles. The molecule has 214 valence electrons. The number of ether oxygens (including phenoxy) is 1. The highest BCUT2D eigenvalue weighted by Crippen LogP contribution is 2.44. The summed E-state index contributed by atoms with van der Waals surface area (Å²) in [5.74, 6) is -1.31. The third-order valence-electron chi connectivity index (χ3n) is 7.20. The number of imidazole rings is 1. The molecule has 1 aliphatic rings. The number of aryl methyl sites for hydroxylation is 2. The van der Waals surface area contributed by atoms with Gasteiger partial charge in [0.15, 0.2) is 5.65 Å². The SMILES string of the molecule is [2H]C([2H])([2H])n1cc(-c2c(Br)c3c(ncc4c3n([C@@H]3CC[C@@H](NC(=O)OC)C3)c(=O)n4C([2H])([2H])[2H])n2S(=O)(=O)c2ccccc2)c(F)n1. The maximum absolute atomic E-state index is 15.5. The zero-order chi connectivity index (χ0) is 34.2. The van der Waals surface area contributed by atoms with Gasteiger partial charge in [-0.15, -0.1) is 5.10 Å². The van der Waals surface area contributed by atoms with Crippen LogP contribution in [0, 0.1) is 5.95 Å². The van der Waals surface area contributed by atoms with Crippen LogP contribution in [-0.4, -0.2) is 55.5 Å². The standard InChI is InChI=1S/C26H25BrFN7O5S/c1-32-13-17(23(28)31-32)21-20(27)19-22-18(12-29-24(19)35(21)41(38,39)16-7-5-4-6-8-16)33(2)26(37)34(22)15-10-9-14(11-15)30-25(36)40-3/h4-8,12-15H,9-11H2,1-3H3,(H,30,36)/t14-,15-/m1/s1/i1D3,2D3. The summed E-state index contributed by atoms with van der Waals surface area (Å²) in [5, 5.41) is 6.08. The second-order valence-electron chi connectivity index (χ2n) is 9.50. The van der Waals surface area contributed by atoms with Crippen LogP contribution in [0.15, 0.2) is 56.9 Å². The van der Waals surface area contributed by atoms with E-state index in [1.165, 1.54) is 35.9 Å². The number of benzene rings is 1. The van der Waals surface area contributed by atoms with Crippen LogP contribution in [0.3, 0.4) is 0 Å². The maximum Gasteiger partial charge on any atom is 0.407 e. The van der Waals surface area contributed by atoms with Crippen LogP contribution in [0.25, 0.3) is 33.3 Å². The topological polar surface area (TPSA) is 135 Å². The van der Waals surface area contributed by atoms with E-state index in [-0.39, 0.29) is 37.9 Å². The van der Waals surface area contributed by atoms with E-state index < -0.39 is 65.0 Å². The van der Waals surface area contributed by atoms with Gasteiger partial charge in [-0.05, 0) is 47.3 Å². The number of amides is 1. The molecule has 0 bridgehead atoms. The van der Waals surface area contributed by atoms with E-state index in [1.807, 2.05) is 0 Å². The Balaban J connectivity index is 1.74. The van der Waals surface area contributed by atoms with Crippen molar-refractivity contribution >= 4 is 54.1 Å². The molecule has 1 fully saturated rings. The summed E-state index contributed by atoms with van der Waals surface area (Å²) < 4.78 is 99.0. The smallest absolute Gasteiger partial charge is 0.407 e. The Hall–Kier alpha value is -3.98. The summed E-state index contributed by atoms with van der Waals surface area (Å²) in [6.07, 6.45) is 2.14. The van der Waals surface area contributed by atoms with E-state index >= 15 is 4.39 Å². The first kappa shape index (κ1) is 20.8. The van der Waals surface area contributed by atoms with Gasteiger partial charge in [-0.2, -0.15) is 4.39 Å². The van der Waals surface area contributed by atoms with Crippen LogP contribution < -0.4 is 11.0 Å². The summed E-state index contributed by atoms with van der Waals surface area (Å²) in [5.41, 5.74) is -2.33. The predicted octanol–water partition coefficient (Wildman–Crippen LogP) is 3.68. The minimum Gasteiger partial charge on any atom is -0.453 e. The molecule has 4 heterocycles. The summed E-state index contributed by atoms with van der Waals surface area (Å²) in [4.78, 5) is 29.9. The van der Waals surface area contributed by atoms with E-state index in [1.54, 1.807) is 6.07 Å². The van der Waals surface area contributed by atoms with E-state index in [0.717, 1.165) is 12.4 Å². The van der Waals surface area contributed by atoms with Crippen molar-refractivity contribution in [2.45, 2.75) is 36.2 Å². The fourth-order valence-electron chi connectivity index (χ4n) is 5.42. The highest BCUT2D eigenvalue weighted by atomic mass is 79.9. The number of nitrogens with one attached hydrogen (secondary N) is 1. The first-order chi connectivity index (χ1) is 22.0. The largest absolute Gasteiger partial charge is 0.453 e. The Morgan fingerprint density at radius 2 is 2.02 bits per heavy atom. The van der Waals surface area contributed by atoms with Crippen LogP contribution in [0.2, 0.25) is 0 Å². The van der Waals surface area contributed by atoms with Crippen LogP contribution in [-0.2, 0) is 28.7 Å². The number of alkyl carbamates (subject to hydrolysis) is 1. The van der Waals surface area contributed by atoms with E-state index in [9.17, 15) is 18.0 Å². The van der Waals surface area contributed by atoms with Crippen LogP contribution in [0.4, 0.5) is 9.18 Å². The molecule has 0 radical (unpaired) electrons. The molecule has 5 aromatic rings. The molecule has 12 nitrogen and oxygen atoms in total. The Morgan fingerprint density at radius 3 is 2.71 bits per heavy atom. The number of aromatic nitrogens is 6. The lowest BCUT2D eigenvalue weighted by Crippen LogP contribution is -2.33. The van der Waals surface area contributed by atoms with Gasteiger partial charge in [0.1, 0.15) is 0 Å². The molecular formula is C26H25BrFN7O5S. The molecule has 1 N–H and O–H groups in total. The molecule has 1 aromatic carbocycles. The van der Waals surface area contributed by atoms with Crippen LogP contribution in [0.1, 0.15) is 33.5 Å². The van der Waals surface area contributed by atoms with E-state index in [0.29, 0.717) is 26.1 Å². The lowest BCUT2D eigenvalue weighted by molar-refractivity contribution is 0.166. The molecule has 2 atom stereocenters. The zero-order valence-corrected chi connectivity index (χ0v) is 23.6. The third-order valence-corrected chi connectivity index (χ3v) is 9.67. The van der Waals surface area contributed by atoms with Crippen LogP contribution >= 0.6 is 15.9 Å². The van der Waals surface area contributed by atoms with Crippen LogP contribution in [0.5, 0.6) is 0 Å². The second-order valence-corrected chi connectivity index (χ2v) is 12.1. The molecule has 0 spiro atoms. The van der Waals surface area contributed by atoms with Gasteiger partial charge in [0, 0.05) is 40.5 Å². The molecule has 1 amide bonds. The molecule has 0 saturated heterocycles. The number of carbonyl (C=O) groups is 1. The first-order valence-corrected chi connectivity index (χ1v) is 14.5. The molecular weight excluding hydrogens is 621 g/mol. The Kier molecular flexibility index (Phi) is 5.00. The Labute approximate surface area is 249 Å². The minimum absolute atomic E-state index is 0.0152. The number of hydrogen-bond donors (Lipinski definition) is 1. The second kappa shape index (κ2) is 9.83. The van der Waals surface area contributed by atoms with Crippen molar-refractivity contribution in [3.8, 4) is 11.3 Å². The van der Waals surface area contributed by atoms with Gasteiger partial charge in [-0.3, -0.25) is 13.8 Å². The van der Waals surface area contributed by atoms with Gasteiger partial charge in [-0.1, -0.05) is 18.2 Å². The van der Waals surface area contributed by atoms with Gasteiger partial charge in [0.2, 0.25) is 5.95 Å². The summed E-state index contributed by atoms with van der Waals surface area (Å²) in [7, 11) is -3.41. The summed E-state index contributed by atoms with van der Waals surface area (Å²) in [6.45, 7) is -5.90. The molecule has 1 aliphatic carbocycles. The molecule has 0 aliphatic heterocycles. The van der Waals surface area contributed by atoms with E-state index in [2.05, 4.69) is 36.1 Å². The van der Waals surface area contributed by atoms with Gasteiger partial charge >= 0.3 is 11.8 Å². The third kappa shape index (κ3) is 4.17. The van der Waals surface area contributed by atoms with Crippen molar-refractivity contribution in [2.75, 3.05) is 7.11 Å². The monoisotopic (exact) mass is 651 g/mol. The number of fused-ring (bicyclic) bond motifs is 3. The van der Waals surface area contributed by atoms with Crippen molar-refractivity contribution in [1.29, 1.82) is 0 Å². The van der Waals surface area contributed by atoms with Crippen molar-refractivity contribution in [3.63, 3.8) is 0 Å². The van der Waals surface area contributed by atoms with Gasteiger partial charge in [0.05, 0.1) is 50.4 Å². The Morgan fingerprint density at radius 1 is 1.24 bits per heavy atom. The van der Waals surface area contributed by atoms with Gasteiger partial charge < -0.3 is 10.1 Å². The lowest BCUT2D eigenvalue weighted by atomic mass is 10.2.